The fourth-order valence-electron chi connectivity index (χ4n) is 2.20. The van der Waals surface area contributed by atoms with Gasteiger partial charge >= 0.3 is 5.97 Å². The number of nitrogens with one attached hydrogen (secondary N) is 1. The number of benzene rings is 1. The Morgan fingerprint density at radius 3 is 2.16 bits per heavy atom. The first-order valence-corrected chi connectivity index (χ1v) is 8.90. The second-order valence-electron chi connectivity index (χ2n) is 6.00. The van der Waals surface area contributed by atoms with Crippen LogP contribution in [0.1, 0.15) is 52.4 Å². The number of hydrogen-bond donors (Lipinski definition) is 2. The van der Waals surface area contributed by atoms with E-state index < -0.39 is 17.9 Å². The molecule has 1 unspecified atom stereocenters. The first kappa shape index (κ1) is 20.8. The van der Waals surface area contributed by atoms with Gasteiger partial charge in [0, 0.05) is 0 Å². The Morgan fingerprint density at radius 2 is 1.56 bits per heavy atom. The molecule has 0 heterocycles. The SMILES string of the molecule is CCCCCCCCOc1ccc(OCC(=O)NC(C)C(=O)O)cc1. The second-order valence-corrected chi connectivity index (χ2v) is 6.00. The molecule has 0 fully saturated rings. The molecule has 25 heavy (non-hydrogen) atoms. The molecule has 0 aromatic heterocycles. The van der Waals surface area contributed by atoms with E-state index in [1.165, 1.54) is 39.0 Å². The van der Waals surface area contributed by atoms with Crippen LogP contribution in [-0.4, -0.2) is 36.2 Å². The maximum Gasteiger partial charge on any atom is 0.325 e. The number of ether oxygens (including phenoxy) is 2. The van der Waals surface area contributed by atoms with Gasteiger partial charge < -0.3 is 19.9 Å². The molecule has 1 aromatic rings. The number of carbonyl (C=O) groups excluding carboxylic acids is 1. The van der Waals surface area contributed by atoms with Gasteiger partial charge in [-0.05, 0) is 37.6 Å². The van der Waals surface area contributed by atoms with E-state index in [1.54, 1.807) is 24.3 Å². The van der Waals surface area contributed by atoms with E-state index in [4.69, 9.17) is 14.6 Å². The normalized spacial score (nSPS) is 11.6. The van der Waals surface area contributed by atoms with Gasteiger partial charge in [0.1, 0.15) is 17.5 Å². The van der Waals surface area contributed by atoms with E-state index in [0.29, 0.717) is 12.4 Å². The summed E-state index contributed by atoms with van der Waals surface area (Å²) in [5.74, 6) is -0.256. The zero-order valence-electron chi connectivity index (χ0n) is 15.1. The van der Waals surface area contributed by atoms with Crippen LogP contribution in [0.4, 0.5) is 0 Å². The maximum atomic E-state index is 11.5. The smallest absolute Gasteiger partial charge is 0.325 e. The molecule has 1 aromatic carbocycles. The molecule has 0 aliphatic heterocycles. The number of unbranched alkanes of at least 4 members (excludes halogenated alkanes) is 5. The number of amides is 1. The van der Waals surface area contributed by atoms with Gasteiger partial charge in [-0.15, -0.1) is 0 Å². The van der Waals surface area contributed by atoms with Crippen molar-refractivity contribution in [2.45, 2.75) is 58.4 Å². The zero-order chi connectivity index (χ0) is 18.5. The van der Waals surface area contributed by atoms with Crippen LogP contribution in [-0.2, 0) is 9.59 Å². The summed E-state index contributed by atoms with van der Waals surface area (Å²) in [7, 11) is 0. The van der Waals surface area contributed by atoms with Crippen molar-refractivity contribution in [1.82, 2.24) is 5.32 Å². The van der Waals surface area contributed by atoms with Crippen molar-refractivity contribution in [3.8, 4) is 11.5 Å². The second kappa shape index (κ2) is 12.2. The Hall–Kier alpha value is -2.24. The molecule has 1 atom stereocenters. The van der Waals surface area contributed by atoms with Crippen LogP contribution >= 0.6 is 0 Å². The minimum Gasteiger partial charge on any atom is -0.494 e. The molecule has 6 heteroatoms. The lowest BCUT2D eigenvalue weighted by molar-refractivity contribution is -0.141. The predicted octanol–water partition coefficient (Wildman–Crippen LogP) is 3.39. The minimum absolute atomic E-state index is 0.227. The largest absolute Gasteiger partial charge is 0.494 e. The molecule has 0 aliphatic rings. The van der Waals surface area contributed by atoms with Gasteiger partial charge in [-0.2, -0.15) is 0 Å². The number of hydrogen-bond acceptors (Lipinski definition) is 4. The van der Waals surface area contributed by atoms with Crippen LogP contribution in [0.2, 0.25) is 0 Å². The quantitative estimate of drug-likeness (QED) is 0.532. The number of rotatable bonds is 13. The number of carbonyl (C=O) groups is 2. The molecule has 1 amide bonds. The minimum atomic E-state index is -1.08. The van der Waals surface area contributed by atoms with E-state index in [-0.39, 0.29) is 6.61 Å². The molecular formula is C19H29NO5. The van der Waals surface area contributed by atoms with Gasteiger partial charge in [-0.25, -0.2) is 0 Å². The molecule has 0 aliphatic carbocycles. The van der Waals surface area contributed by atoms with Crippen LogP contribution in [0, 0.1) is 0 Å². The fourth-order valence-corrected chi connectivity index (χ4v) is 2.20. The molecule has 6 nitrogen and oxygen atoms in total. The summed E-state index contributed by atoms with van der Waals surface area (Å²) in [6.07, 6.45) is 7.34. The summed E-state index contributed by atoms with van der Waals surface area (Å²) in [6, 6.07) is 6.11. The van der Waals surface area contributed by atoms with Crippen LogP contribution in [0.3, 0.4) is 0 Å². The van der Waals surface area contributed by atoms with Crippen molar-refractivity contribution in [2.24, 2.45) is 0 Å². The van der Waals surface area contributed by atoms with Crippen molar-refractivity contribution in [3.63, 3.8) is 0 Å². The molecule has 0 saturated heterocycles. The molecule has 2 N–H and O–H groups in total. The van der Waals surface area contributed by atoms with Crippen molar-refractivity contribution < 1.29 is 24.2 Å². The first-order valence-electron chi connectivity index (χ1n) is 8.90. The number of carboxylic acids is 1. The first-order chi connectivity index (χ1) is 12.0. The van der Waals surface area contributed by atoms with E-state index in [9.17, 15) is 9.59 Å². The van der Waals surface area contributed by atoms with Gasteiger partial charge in [0.25, 0.3) is 5.91 Å². The Morgan fingerprint density at radius 1 is 1.00 bits per heavy atom. The third kappa shape index (κ3) is 9.59. The highest BCUT2D eigenvalue weighted by molar-refractivity contribution is 5.84. The van der Waals surface area contributed by atoms with Crippen LogP contribution < -0.4 is 14.8 Å². The van der Waals surface area contributed by atoms with Gasteiger partial charge in [0.2, 0.25) is 0 Å². The molecule has 0 spiro atoms. The highest BCUT2D eigenvalue weighted by Crippen LogP contribution is 2.18. The molecule has 140 valence electrons. The van der Waals surface area contributed by atoms with E-state index in [0.717, 1.165) is 12.2 Å². The summed E-state index contributed by atoms with van der Waals surface area (Å²) >= 11 is 0. The van der Waals surface area contributed by atoms with Crippen LogP contribution in [0.5, 0.6) is 11.5 Å². The summed E-state index contributed by atoms with van der Waals surface area (Å²) in [5.41, 5.74) is 0. The van der Waals surface area contributed by atoms with Crippen LogP contribution in [0.15, 0.2) is 24.3 Å². The van der Waals surface area contributed by atoms with E-state index in [2.05, 4.69) is 12.2 Å². The molecule has 0 radical (unpaired) electrons. The molecule has 1 rings (SSSR count). The summed E-state index contributed by atoms with van der Waals surface area (Å²) in [6.45, 7) is 4.08. The maximum absolute atomic E-state index is 11.5. The number of carboxylic acid groups (broad SMARTS) is 1. The average Bonchev–Trinajstić information content (AvgIpc) is 2.60. The standard InChI is InChI=1S/C19H29NO5/c1-3-4-5-6-7-8-13-24-16-9-11-17(12-10-16)25-14-18(21)20-15(2)19(22)23/h9-12,15H,3-8,13-14H2,1-2H3,(H,20,21)(H,22,23). The van der Waals surface area contributed by atoms with Crippen molar-refractivity contribution in [3.05, 3.63) is 24.3 Å². The highest BCUT2D eigenvalue weighted by atomic mass is 16.5. The van der Waals surface area contributed by atoms with Gasteiger partial charge in [-0.1, -0.05) is 39.0 Å². The molecular weight excluding hydrogens is 322 g/mol. The predicted molar refractivity (Wildman–Crippen MR) is 96.0 cm³/mol. The monoisotopic (exact) mass is 351 g/mol. The third-order valence-corrected chi connectivity index (χ3v) is 3.71. The number of aliphatic carboxylic acids is 1. The fraction of sp³-hybridized carbons (Fsp3) is 0.579. The summed E-state index contributed by atoms with van der Waals surface area (Å²) in [5, 5.41) is 11.0. The third-order valence-electron chi connectivity index (χ3n) is 3.71. The zero-order valence-corrected chi connectivity index (χ0v) is 15.1. The average molecular weight is 351 g/mol. The topological polar surface area (TPSA) is 84.9 Å². The molecule has 0 bridgehead atoms. The lowest BCUT2D eigenvalue weighted by Gasteiger charge is -2.11. The summed E-state index contributed by atoms with van der Waals surface area (Å²) in [4.78, 5) is 22.2. The Balaban J connectivity index is 2.20. The van der Waals surface area contributed by atoms with Crippen molar-refractivity contribution in [2.75, 3.05) is 13.2 Å². The highest BCUT2D eigenvalue weighted by Gasteiger charge is 2.14. The van der Waals surface area contributed by atoms with Gasteiger partial charge in [-0.3, -0.25) is 9.59 Å². The lowest BCUT2D eigenvalue weighted by Crippen LogP contribution is -2.40. The van der Waals surface area contributed by atoms with Gasteiger partial charge in [0.15, 0.2) is 6.61 Å². The van der Waals surface area contributed by atoms with Crippen molar-refractivity contribution >= 4 is 11.9 Å². The Labute approximate surface area is 149 Å². The summed E-state index contributed by atoms with van der Waals surface area (Å²) < 4.78 is 11.0. The molecule has 0 saturated carbocycles. The van der Waals surface area contributed by atoms with Crippen molar-refractivity contribution in [1.29, 1.82) is 0 Å². The van der Waals surface area contributed by atoms with E-state index in [1.807, 2.05) is 0 Å². The van der Waals surface area contributed by atoms with Gasteiger partial charge in [0.05, 0.1) is 6.61 Å². The van der Waals surface area contributed by atoms with E-state index >= 15 is 0 Å². The lowest BCUT2D eigenvalue weighted by atomic mass is 10.1. The van der Waals surface area contributed by atoms with Crippen LogP contribution in [0.25, 0.3) is 0 Å². The Kier molecular flexibility index (Phi) is 10.1. The Bertz CT molecular complexity index is 515.